The topological polar surface area (TPSA) is 52.7 Å². The van der Waals surface area contributed by atoms with E-state index in [4.69, 9.17) is 0 Å². The molecule has 5 heteroatoms. The number of urea groups is 1. The fourth-order valence-electron chi connectivity index (χ4n) is 2.59. The quantitative estimate of drug-likeness (QED) is 0.944. The van der Waals surface area contributed by atoms with Crippen molar-refractivity contribution in [1.82, 2.24) is 4.90 Å². The van der Waals surface area contributed by atoms with Gasteiger partial charge in [-0.15, -0.1) is 0 Å². The lowest BCUT2D eigenvalue weighted by Crippen LogP contribution is -2.37. The molecular formula is C18H19N3O2. The molecule has 0 saturated carbocycles. The van der Waals surface area contributed by atoms with E-state index in [2.05, 4.69) is 5.32 Å². The van der Waals surface area contributed by atoms with E-state index in [9.17, 15) is 9.59 Å². The fraction of sp³-hybridized carbons (Fsp3) is 0.222. The summed E-state index contributed by atoms with van der Waals surface area (Å²) in [7, 11) is 0. The maximum Gasteiger partial charge on any atom is 0.325 e. The second-order valence-electron chi connectivity index (χ2n) is 5.61. The third kappa shape index (κ3) is 3.51. The van der Waals surface area contributed by atoms with Crippen LogP contribution in [0, 0.1) is 6.92 Å². The summed E-state index contributed by atoms with van der Waals surface area (Å²) in [6, 6.07) is 17.0. The van der Waals surface area contributed by atoms with Crippen LogP contribution in [-0.2, 0) is 4.79 Å². The summed E-state index contributed by atoms with van der Waals surface area (Å²) in [6.45, 7) is 3.21. The Hall–Kier alpha value is -2.82. The van der Waals surface area contributed by atoms with E-state index in [1.165, 1.54) is 0 Å². The van der Waals surface area contributed by atoms with Gasteiger partial charge in [-0.2, -0.15) is 0 Å². The van der Waals surface area contributed by atoms with Crippen molar-refractivity contribution in [3.05, 3.63) is 60.2 Å². The van der Waals surface area contributed by atoms with Crippen molar-refractivity contribution >= 4 is 23.3 Å². The molecule has 0 radical (unpaired) electrons. The van der Waals surface area contributed by atoms with Crippen molar-refractivity contribution in [2.45, 2.75) is 6.92 Å². The average Bonchev–Trinajstić information content (AvgIpc) is 2.91. The molecule has 2 aromatic carbocycles. The van der Waals surface area contributed by atoms with Gasteiger partial charge in [0.15, 0.2) is 0 Å². The number of rotatable bonds is 4. The predicted molar refractivity (Wildman–Crippen MR) is 90.6 cm³/mol. The van der Waals surface area contributed by atoms with Gasteiger partial charge >= 0.3 is 6.03 Å². The largest absolute Gasteiger partial charge is 0.325 e. The van der Waals surface area contributed by atoms with Gasteiger partial charge in [0.1, 0.15) is 6.54 Å². The van der Waals surface area contributed by atoms with Gasteiger partial charge in [-0.3, -0.25) is 9.69 Å². The summed E-state index contributed by atoms with van der Waals surface area (Å²) in [4.78, 5) is 27.8. The molecule has 118 valence electrons. The number of carbonyl (C=O) groups is 2. The molecule has 23 heavy (non-hydrogen) atoms. The van der Waals surface area contributed by atoms with Crippen LogP contribution in [0.25, 0.3) is 0 Å². The summed E-state index contributed by atoms with van der Waals surface area (Å²) in [6.07, 6.45) is 0. The number of aryl methyl sites for hydroxylation is 1. The van der Waals surface area contributed by atoms with Gasteiger partial charge < -0.3 is 10.2 Å². The van der Waals surface area contributed by atoms with Gasteiger partial charge in [0, 0.05) is 24.5 Å². The minimum absolute atomic E-state index is 0.0655. The minimum atomic E-state index is -0.183. The molecule has 0 aliphatic carbocycles. The van der Waals surface area contributed by atoms with E-state index in [-0.39, 0.29) is 18.5 Å². The van der Waals surface area contributed by atoms with Crippen LogP contribution in [0.1, 0.15) is 5.56 Å². The van der Waals surface area contributed by atoms with E-state index in [1.807, 2.05) is 61.5 Å². The van der Waals surface area contributed by atoms with Gasteiger partial charge in [-0.1, -0.05) is 35.9 Å². The number of nitrogens with one attached hydrogen (secondary N) is 1. The van der Waals surface area contributed by atoms with Crippen LogP contribution in [0.3, 0.4) is 0 Å². The molecular weight excluding hydrogens is 290 g/mol. The maximum atomic E-state index is 12.4. The maximum absolute atomic E-state index is 12.4. The monoisotopic (exact) mass is 309 g/mol. The van der Waals surface area contributed by atoms with Crippen LogP contribution in [0.2, 0.25) is 0 Å². The first kappa shape index (κ1) is 15.1. The highest BCUT2D eigenvalue weighted by molar-refractivity contribution is 5.99. The summed E-state index contributed by atoms with van der Waals surface area (Å²) < 4.78 is 0. The van der Waals surface area contributed by atoms with Gasteiger partial charge in [0.05, 0.1) is 0 Å². The number of anilines is 2. The van der Waals surface area contributed by atoms with Crippen molar-refractivity contribution in [2.24, 2.45) is 0 Å². The lowest BCUT2D eigenvalue weighted by atomic mass is 10.2. The van der Waals surface area contributed by atoms with Gasteiger partial charge in [0.2, 0.25) is 5.91 Å². The van der Waals surface area contributed by atoms with E-state index in [1.54, 1.807) is 9.80 Å². The zero-order valence-electron chi connectivity index (χ0n) is 13.0. The van der Waals surface area contributed by atoms with E-state index < -0.39 is 0 Å². The number of hydrogen-bond donors (Lipinski definition) is 1. The Bertz CT molecular complexity index is 698. The van der Waals surface area contributed by atoms with E-state index in [0.29, 0.717) is 13.1 Å². The highest BCUT2D eigenvalue weighted by Gasteiger charge is 2.30. The molecule has 3 amide bonds. The number of hydrogen-bond acceptors (Lipinski definition) is 2. The summed E-state index contributed by atoms with van der Waals surface area (Å²) in [5, 5.41) is 2.82. The molecule has 1 fully saturated rings. The van der Waals surface area contributed by atoms with E-state index >= 15 is 0 Å². The standard InChI is InChI=1S/C18H19N3O2/c1-14-7-9-15(10-8-14)19-17(22)13-20-11-12-21(18(20)23)16-5-3-2-4-6-16/h2-10H,11-13H2,1H3,(H,19,22). The molecule has 0 atom stereocenters. The Morgan fingerprint density at radius 3 is 2.43 bits per heavy atom. The van der Waals surface area contributed by atoms with Crippen LogP contribution in [0.15, 0.2) is 54.6 Å². The smallest absolute Gasteiger partial charge is 0.325 e. The number of carbonyl (C=O) groups excluding carboxylic acids is 2. The molecule has 1 heterocycles. The highest BCUT2D eigenvalue weighted by Crippen LogP contribution is 2.19. The number of nitrogens with zero attached hydrogens (tertiary/aromatic N) is 2. The second-order valence-corrected chi connectivity index (χ2v) is 5.61. The third-order valence-corrected chi connectivity index (χ3v) is 3.83. The normalized spacial score (nSPS) is 14.2. The zero-order valence-corrected chi connectivity index (χ0v) is 13.0. The fourth-order valence-corrected chi connectivity index (χ4v) is 2.59. The Morgan fingerprint density at radius 2 is 1.74 bits per heavy atom. The third-order valence-electron chi connectivity index (χ3n) is 3.83. The second kappa shape index (κ2) is 6.52. The van der Waals surface area contributed by atoms with Gasteiger partial charge in [-0.25, -0.2) is 4.79 Å². The van der Waals surface area contributed by atoms with Crippen molar-refractivity contribution in [3.8, 4) is 0 Å². The van der Waals surface area contributed by atoms with E-state index in [0.717, 1.165) is 16.9 Å². The summed E-state index contributed by atoms with van der Waals surface area (Å²) >= 11 is 0. The molecule has 1 aliphatic rings. The number of para-hydroxylation sites is 1. The lowest BCUT2D eigenvalue weighted by molar-refractivity contribution is -0.116. The summed E-state index contributed by atoms with van der Waals surface area (Å²) in [5.74, 6) is -0.183. The Labute approximate surface area is 135 Å². The van der Waals surface area contributed by atoms with Crippen LogP contribution in [0.5, 0.6) is 0 Å². The Kier molecular flexibility index (Phi) is 4.28. The first-order chi connectivity index (χ1) is 11.1. The number of benzene rings is 2. The van der Waals surface area contributed by atoms with Crippen LogP contribution >= 0.6 is 0 Å². The molecule has 1 saturated heterocycles. The first-order valence-electron chi connectivity index (χ1n) is 7.61. The average molecular weight is 309 g/mol. The highest BCUT2D eigenvalue weighted by atomic mass is 16.2. The molecule has 0 unspecified atom stereocenters. The zero-order chi connectivity index (χ0) is 16.2. The van der Waals surface area contributed by atoms with Crippen LogP contribution in [0.4, 0.5) is 16.2 Å². The lowest BCUT2D eigenvalue weighted by Gasteiger charge is -2.18. The van der Waals surface area contributed by atoms with Crippen molar-refractivity contribution in [2.75, 3.05) is 29.9 Å². The Morgan fingerprint density at radius 1 is 1.04 bits per heavy atom. The van der Waals surface area contributed by atoms with Crippen molar-refractivity contribution < 1.29 is 9.59 Å². The van der Waals surface area contributed by atoms with Crippen molar-refractivity contribution in [3.63, 3.8) is 0 Å². The molecule has 3 rings (SSSR count). The van der Waals surface area contributed by atoms with Crippen LogP contribution in [-0.4, -0.2) is 36.5 Å². The molecule has 0 aromatic heterocycles. The molecule has 1 aliphatic heterocycles. The van der Waals surface area contributed by atoms with Crippen LogP contribution < -0.4 is 10.2 Å². The van der Waals surface area contributed by atoms with Gasteiger partial charge in [0.25, 0.3) is 0 Å². The molecule has 0 bridgehead atoms. The molecule has 5 nitrogen and oxygen atoms in total. The molecule has 1 N–H and O–H groups in total. The van der Waals surface area contributed by atoms with Crippen molar-refractivity contribution in [1.29, 1.82) is 0 Å². The SMILES string of the molecule is Cc1ccc(NC(=O)CN2CCN(c3ccccc3)C2=O)cc1. The Balaban J connectivity index is 1.59. The molecule has 2 aromatic rings. The minimum Gasteiger partial charge on any atom is -0.325 e. The van der Waals surface area contributed by atoms with Gasteiger partial charge in [-0.05, 0) is 31.2 Å². The predicted octanol–water partition coefficient (Wildman–Crippen LogP) is 2.88. The molecule has 0 spiro atoms. The first-order valence-corrected chi connectivity index (χ1v) is 7.61. The number of amides is 3. The summed E-state index contributed by atoms with van der Waals surface area (Å²) in [5.41, 5.74) is 2.74.